The molecule has 1 fully saturated rings. The summed E-state index contributed by atoms with van der Waals surface area (Å²) in [5.74, 6) is -0.287. The molecule has 1 aliphatic rings. The van der Waals surface area contributed by atoms with Gasteiger partial charge in [-0.25, -0.2) is 0 Å². The normalized spacial score (nSPS) is 25.2. The molecule has 2 aromatic rings. The van der Waals surface area contributed by atoms with Crippen LogP contribution in [0, 0.1) is 5.92 Å². The highest BCUT2D eigenvalue weighted by Gasteiger charge is 2.53. The van der Waals surface area contributed by atoms with Gasteiger partial charge in [0.05, 0.1) is 17.7 Å². The van der Waals surface area contributed by atoms with Gasteiger partial charge in [-0.05, 0) is 62.1 Å². The van der Waals surface area contributed by atoms with Crippen LogP contribution in [-0.2, 0) is 11.8 Å². The van der Waals surface area contributed by atoms with Crippen LogP contribution >= 0.6 is 11.6 Å². The van der Waals surface area contributed by atoms with Crippen molar-refractivity contribution < 1.29 is 23.0 Å². The van der Waals surface area contributed by atoms with Gasteiger partial charge < -0.3 is 15.6 Å². The molecule has 3 N–H and O–H groups in total. The molecule has 2 aromatic carbocycles. The summed E-state index contributed by atoms with van der Waals surface area (Å²) in [6.45, 7) is 3.61. The maximum absolute atomic E-state index is 13.6. The number of alkyl halides is 3. The van der Waals surface area contributed by atoms with Crippen molar-refractivity contribution in [2.45, 2.75) is 56.3 Å². The second kappa shape index (κ2) is 8.06. The zero-order valence-corrected chi connectivity index (χ0v) is 18.0. The van der Waals surface area contributed by atoms with Crippen LogP contribution in [0.5, 0.6) is 5.75 Å². The monoisotopic (exact) mass is 441 g/mol. The van der Waals surface area contributed by atoms with Crippen LogP contribution in [0.3, 0.4) is 0 Å². The summed E-state index contributed by atoms with van der Waals surface area (Å²) in [4.78, 5) is 0. The Balaban J connectivity index is 2.23. The van der Waals surface area contributed by atoms with Gasteiger partial charge in [0.2, 0.25) is 0 Å². The van der Waals surface area contributed by atoms with Gasteiger partial charge in [-0.2, -0.15) is 13.2 Å². The van der Waals surface area contributed by atoms with Crippen LogP contribution in [0.15, 0.2) is 42.5 Å². The highest BCUT2D eigenvalue weighted by atomic mass is 35.5. The van der Waals surface area contributed by atoms with Crippen LogP contribution in [0.2, 0.25) is 5.02 Å². The van der Waals surface area contributed by atoms with Crippen molar-refractivity contribution in [3.05, 3.63) is 64.2 Å². The molecule has 30 heavy (non-hydrogen) atoms. The molecular weight excluding hydrogens is 415 g/mol. The third kappa shape index (κ3) is 4.18. The van der Waals surface area contributed by atoms with Crippen LogP contribution in [0.4, 0.5) is 13.2 Å². The summed E-state index contributed by atoms with van der Waals surface area (Å²) >= 11 is 5.84. The standard InChI is InChI=1S/C23H27ClF3NO2/c1-21(2,28)20-9-5-8-17(14-6-4-7-16(12-14)30-3)22(20,29)15-10-11-19(24)18(13-15)23(25,26)27/h4,6-7,10-13,17,20,29H,5,8-9,28H2,1-3H3. The molecule has 3 unspecified atom stereocenters. The van der Waals surface area contributed by atoms with E-state index < -0.39 is 39.7 Å². The Morgan fingerprint density at radius 1 is 1.13 bits per heavy atom. The van der Waals surface area contributed by atoms with Crippen molar-refractivity contribution in [2.24, 2.45) is 11.7 Å². The van der Waals surface area contributed by atoms with Crippen molar-refractivity contribution in [1.82, 2.24) is 0 Å². The fraction of sp³-hybridized carbons (Fsp3) is 0.478. The van der Waals surface area contributed by atoms with Gasteiger partial charge in [-0.1, -0.05) is 36.2 Å². The highest BCUT2D eigenvalue weighted by Crippen LogP contribution is 2.54. The molecule has 3 nitrogen and oxygen atoms in total. The lowest BCUT2D eigenvalue weighted by Gasteiger charge is -2.51. The molecule has 0 saturated heterocycles. The number of aliphatic hydroxyl groups is 1. The topological polar surface area (TPSA) is 55.5 Å². The third-order valence-corrected chi connectivity index (χ3v) is 6.51. The number of nitrogens with two attached hydrogens (primary N) is 1. The predicted molar refractivity (Wildman–Crippen MR) is 112 cm³/mol. The number of methoxy groups -OCH3 is 1. The van der Waals surface area contributed by atoms with Gasteiger partial charge in [0, 0.05) is 17.4 Å². The molecular formula is C23H27ClF3NO2. The minimum Gasteiger partial charge on any atom is -0.497 e. The summed E-state index contributed by atoms with van der Waals surface area (Å²) in [6.07, 6.45) is -2.61. The van der Waals surface area contributed by atoms with E-state index in [-0.39, 0.29) is 5.56 Å². The van der Waals surface area contributed by atoms with Gasteiger partial charge in [0.25, 0.3) is 0 Å². The molecule has 0 heterocycles. The largest absolute Gasteiger partial charge is 0.497 e. The molecule has 164 valence electrons. The number of rotatable bonds is 4. The van der Waals surface area contributed by atoms with E-state index in [0.717, 1.165) is 18.1 Å². The molecule has 0 aromatic heterocycles. The van der Waals surface area contributed by atoms with E-state index in [0.29, 0.717) is 18.6 Å². The molecule has 0 bridgehead atoms. The van der Waals surface area contributed by atoms with E-state index in [2.05, 4.69) is 0 Å². The lowest BCUT2D eigenvalue weighted by Crippen LogP contribution is -2.56. The fourth-order valence-corrected chi connectivity index (χ4v) is 5.05. The number of ether oxygens (including phenoxy) is 1. The average Bonchev–Trinajstić information content (AvgIpc) is 2.66. The van der Waals surface area contributed by atoms with E-state index in [1.807, 2.05) is 18.2 Å². The molecule has 0 spiro atoms. The predicted octanol–water partition coefficient (Wildman–Crippen LogP) is 5.88. The summed E-state index contributed by atoms with van der Waals surface area (Å²) in [5.41, 5.74) is 4.04. The van der Waals surface area contributed by atoms with E-state index in [9.17, 15) is 18.3 Å². The van der Waals surface area contributed by atoms with E-state index in [1.165, 1.54) is 12.1 Å². The average molecular weight is 442 g/mol. The molecule has 1 aliphatic carbocycles. The number of halogens is 4. The maximum atomic E-state index is 13.6. The smallest absolute Gasteiger partial charge is 0.417 e. The van der Waals surface area contributed by atoms with Gasteiger partial charge in [0.15, 0.2) is 0 Å². The SMILES string of the molecule is COc1cccc(C2CCCC(C(C)(C)N)C2(O)c2ccc(Cl)c(C(F)(F)F)c2)c1. The number of hydrogen-bond acceptors (Lipinski definition) is 3. The lowest BCUT2D eigenvalue weighted by atomic mass is 9.58. The van der Waals surface area contributed by atoms with Crippen LogP contribution in [-0.4, -0.2) is 17.8 Å². The Morgan fingerprint density at radius 3 is 2.43 bits per heavy atom. The first kappa shape index (κ1) is 22.9. The molecule has 0 amide bonds. The second-order valence-corrected chi connectivity index (χ2v) is 9.06. The Bertz CT molecular complexity index is 910. The lowest BCUT2D eigenvalue weighted by molar-refractivity contribution is -0.138. The molecule has 7 heteroatoms. The van der Waals surface area contributed by atoms with Crippen molar-refractivity contribution in [3.63, 3.8) is 0 Å². The zero-order chi connectivity index (χ0) is 22.3. The zero-order valence-electron chi connectivity index (χ0n) is 17.3. The van der Waals surface area contributed by atoms with Gasteiger partial charge in [-0.3, -0.25) is 0 Å². The van der Waals surface area contributed by atoms with Crippen LogP contribution in [0.1, 0.15) is 55.7 Å². The molecule has 3 rings (SSSR count). The second-order valence-electron chi connectivity index (χ2n) is 8.65. The van der Waals surface area contributed by atoms with Gasteiger partial charge >= 0.3 is 6.18 Å². The Labute approximate surface area is 180 Å². The van der Waals surface area contributed by atoms with Crippen LogP contribution < -0.4 is 10.5 Å². The maximum Gasteiger partial charge on any atom is 0.417 e. The van der Waals surface area contributed by atoms with E-state index in [1.54, 1.807) is 27.0 Å². The quantitative estimate of drug-likeness (QED) is 0.623. The Hall–Kier alpha value is -1.76. The van der Waals surface area contributed by atoms with Crippen molar-refractivity contribution in [3.8, 4) is 5.75 Å². The summed E-state index contributed by atoms with van der Waals surface area (Å²) in [5, 5.41) is 11.8. The van der Waals surface area contributed by atoms with Crippen LogP contribution in [0.25, 0.3) is 0 Å². The minimum atomic E-state index is -4.63. The number of hydrogen-bond donors (Lipinski definition) is 2. The summed E-state index contributed by atoms with van der Waals surface area (Å²) in [6, 6.07) is 10.9. The van der Waals surface area contributed by atoms with E-state index >= 15 is 0 Å². The van der Waals surface area contributed by atoms with Gasteiger partial charge in [0.1, 0.15) is 11.4 Å². The van der Waals surface area contributed by atoms with E-state index in [4.69, 9.17) is 22.1 Å². The third-order valence-electron chi connectivity index (χ3n) is 6.18. The number of benzene rings is 2. The first-order valence-electron chi connectivity index (χ1n) is 9.91. The molecule has 3 atom stereocenters. The summed E-state index contributed by atoms with van der Waals surface area (Å²) < 4.78 is 46.0. The van der Waals surface area contributed by atoms with Gasteiger partial charge in [-0.15, -0.1) is 0 Å². The first-order valence-corrected chi connectivity index (χ1v) is 10.3. The molecule has 0 aliphatic heterocycles. The van der Waals surface area contributed by atoms with Crippen molar-refractivity contribution in [1.29, 1.82) is 0 Å². The molecule has 0 radical (unpaired) electrons. The summed E-state index contributed by atoms with van der Waals surface area (Å²) in [7, 11) is 1.55. The van der Waals surface area contributed by atoms with Crippen molar-refractivity contribution >= 4 is 11.6 Å². The highest BCUT2D eigenvalue weighted by molar-refractivity contribution is 6.31. The minimum absolute atomic E-state index is 0.176. The molecule has 1 saturated carbocycles. The fourth-order valence-electron chi connectivity index (χ4n) is 4.82. The Morgan fingerprint density at radius 2 is 1.83 bits per heavy atom. The Kier molecular flexibility index (Phi) is 6.16. The van der Waals surface area contributed by atoms with Crippen molar-refractivity contribution in [2.75, 3.05) is 7.11 Å². The first-order chi connectivity index (χ1) is 13.9.